The fourth-order valence-electron chi connectivity index (χ4n) is 2.92. The van der Waals surface area contributed by atoms with Gasteiger partial charge in [-0.05, 0) is 48.9 Å². The van der Waals surface area contributed by atoms with E-state index in [0.29, 0.717) is 0 Å². The Labute approximate surface area is 155 Å². The molecule has 0 aliphatic carbocycles. The van der Waals surface area contributed by atoms with Gasteiger partial charge in [-0.3, -0.25) is 4.79 Å². The minimum Gasteiger partial charge on any atom is -0.360 e. The number of nitrogens with zero attached hydrogens (tertiary/aromatic N) is 1. The van der Waals surface area contributed by atoms with Gasteiger partial charge in [0.2, 0.25) is 0 Å². The molecule has 0 radical (unpaired) electrons. The monoisotopic (exact) mass is 347 g/mol. The van der Waals surface area contributed by atoms with E-state index in [-0.39, 0.29) is 5.57 Å². The molecule has 134 valence electrons. The third-order valence-corrected chi connectivity index (χ3v) is 4.44. The van der Waals surface area contributed by atoms with Gasteiger partial charge in [0.25, 0.3) is 5.91 Å². The SMILES string of the molecule is CCc1cccc(CC)c1NC(=O)/C(C#N)=C\Nc1c(C)cccc1C. The van der Waals surface area contributed by atoms with Crippen LogP contribution in [0, 0.1) is 25.2 Å². The van der Waals surface area contributed by atoms with E-state index in [0.717, 1.165) is 46.5 Å². The number of benzene rings is 2. The van der Waals surface area contributed by atoms with E-state index < -0.39 is 5.91 Å². The third kappa shape index (κ3) is 4.31. The van der Waals surface area contributed by atoms with Gasteiger partial charge in [-0.2, -0.15) is 5.26 Å². The zero-order valence-corrected chi connectivity index (χ0v) is 15.8. The highest BCUT2D eigenvalue weighted by molar-refractivity contribution is 6.07. The normalized spacial score (nSPS) is 11.0. The molecule has 0 aromatic heterocycles. The molecule has 0 unspecified atom stereocenters. The average Bonchev–Trinajstić information content (AvgIpc) is 2.64. The van der Waals surface area contributed by atoms with E-state index in [2.05, 4.69) is 10.6 Å². The Bertz CT molecular complexity index is 833. The van der Waals surface area contributed by atoms with Crippen molar-refractivity contribution in [3.8, 4) is 6.07 Å². The summed E-state index contributed by atoms with van der Waals surface area (Å²) < 4.78 is 0. The highest BCUT2D eigenvalue weighted by atomic mass is 16.1. The molecule has 0 saturated heterocycles. The Kier molecular flexibility index (Phi) is 6.57. The first-order valence-corrected chi connectivity index (χ1v) is 8.86. The predicted octanol–water partition coefficient (Wildman–Crippen LogP) is 4.89. The van der Waals surface area contributed by atoms with Crippen LogP contribution >= 0.6 is 0 Å². The zero-order chi connectivity index (χ0) is 19.1. The summed E-state index contributed by atoms with van der Waals surface area (Å²) in [7, 11) is 0. The van der Waals surface area contributed by atoms with Crippen molar-refractivity contribution in [3.63, 3.8) is 0 Å². The largest absolute Gasteiger partial charge is 0.360 e. The van der Waals surface area contributed by atoms with Crippen molar-refractivity contribution in [2.45, 2.75) is 40.5 Å². The number of amides is 1. The molecule has 4 nitrogen and oxygen atoms in total. The van der Waals surface area contributed by atoms with Gasteiger partial charge in [0, 0.05) is 17.6 Å². The number of anilines is 2. The van der Waals surface area contributed by atoms with Gasteiger partial charge in [-0.15, -0.1) is 0 Å². The van der Waals surface area contributed by atoms with Crippen LogP contribution in [0.25, 0.3) is 0 Å². The summed E-state index contributed by atoms with van der Waals surface area (Å²) >= 11 is 0. The smallest absolute Gasteiger partial charge is 0.267 e. The standard InChI is InChI=1S/C22H25N3O/c1-5-17-11-8-12-18(6-2)21(17)25-22(26)19(13-23)14-24-20-15(3)9-7-10-16(20)4/h7-12,14,24H,5-6H2,1-4H3,(H,25,26)/b19-14-. The molecular weight excluding hydrogens is 322 g/mol. The molecule has 0 aliphatic rings. The maximum absolute atomic E-state index is 12.6. The van der Waals surface area contributed by atoms with Crippen molar-refractivity contribution in [2.24, 2.45) is 0 Å². The van der Waals surface area contributed by atoms with Gasteiger partial charge in [0.1, 0.15) is 11.6 Å². The fraction of sp³-hybridized carbons (Fsp3) is 0.273. The maximum Gasteiger partial charge on any atom is 0.267 e. The molecule has 0 saturated carbocycles. The summed E-state index contributed by atoms with van der Waals surface area (Å²) in [6.45, 7) is 8.07. The third-order valence-electron chi connectivity index (χ3n) is 4.44. The number of hydrogen-bond acceptors (Lipinski definition) is 3. The number of aryl methyl sites for hydroxylation is 4. The van der Waals surface area contributed by atoms with Gasteiger partial charge in [0.05, 0.1) is 0 Å². The number of nitriles is 1. The molecule has 2 aromatic carbocycles. The summed E-state index contributed by atoms with van der Waals surface area (Å²) in [5, 5.41) is 15.5. The second kappa shape index (κ2) is 8.87. The van der Waals surface area contributed by atoms with E-state index in [1.165, 1.54) is 6.20 Å². The van der Waals surface area contributed by atoms with Crippen molar-refractivity contribution < 1.29 is 4.79 Å². The van der Waals surface area contributed by atoms with E-state index in [4.69, 9.17) is 0 Å². The quantitative estimate of drug-likeness (QED) is 0.578. The molecule has 1 amide bonds. The molecule has 2 rings (SSSR count). The van der Waals surface area contributed by atoms with Crippen LogP contribution in [0.15, 0.2) is 48.2 Å². The summed E-state index contributed by atoms with van der Waals surface area (Å²) in [5.41, 5.74) is 6.02. The van der Waals surface area contributed by atoms with Crippen molar-refractivity contribution in [3.05, 3.63) is 70.4 Å². The van der Waals surface area contributed by atoms with Gasteiger partial charge in [0.15, 0.2) is 0 Å². The molecule has 0 heterocycles. The van der Waals surface area contributed by atoms with Crippen molar-refractivity contribution in [2.75, 3.05) is 10.6 Å². The van der Waals surface area contributed by atoms with Crippen LogP contribution < -0.4 is 10.6 Å². The van der Waals surface area contributed by atoms with Crippen LogP contribution in [0.1, 0.15) is 36.1 Å². The highest BCUT2D eigenvalue weighted by Crippen LogP contribution is 2.23. The lowest BCUT2D eigenvalue weighted by Gasteiger charge is -2.14. The number of rotatable bonds is 6. The Balaban J connectivity index is 2.26. The second-order valence-corrected chi connectivity index (χ2v) is 6.19. The Hall–Kier alpha value is -3.06. The van der Waals surface area contributed by atoms with Gasteiger partial charge >= 0.3 is 0 Å². The first kappa shape index (κ1) is 19.3. The van der Waals surface area contributed by atoms with E-state index in [1.54, 1.807) is 0 Å². The minimum atomic E-state index is -0.401. The average molecular weight is 347 g/mol. The van der Waals surface area contributed by atoms with Crippen molar-refractivity contribution in [1.29, 1.82) is 5.26 Å². The van der Waals surface area contributed by atoms with Gasteiger partial charge in [-0.25, -0.2) is 0 Å². The molecule has 4 heteroatoms. The van der Waals surface area contributed by atoms with Gasteiger partial charge < -0.3 is 10.6 Å². The first-order valence-electron chi connectivity index (χ1n) is 8.86. The van der Waals surface area contributed by atoms with Crippen LogP contribution in [0.3, 0.4) is 0 Å². The molecule has 0 spiro atoms. The fourth-order valence-corrected chi connectivity index (χ4v) is 2.92. The van der Waals surface area contributed by atoms with E-state index in [1.807, 2.05) is 70.2 Å². The van der Waals surface area contributed by atoms with E-state index >= 15 is 0 Å². The zero-order valence-electron chi connectivity index (χ0n) is 15.8. The lowest BCUT2D eigenvalue weighted by atomic mass is 10.0. The Morgan fingerprint density at radius 3 is 2.04 bits per heavy atom. The summed E-state index contributed by atoms with van der Waals surface area (Å²) in [6, 6.07) is 13.9. The predicted molar refractivity (Wildman–Crippen MR) is 107 cm³/mol. The summed E-state index contributed by atoms with van der Waals surface area (Å²) in [5.74, 6) is -0.401. The molecule has 26 heavy (non-hydrogen) atoms. The lowest BCUT2D eigenvalue weighted by Crippen LogP contribution is -2.17. The number of para-hydroxylation sites is 2. The number of carbonyl (C=O) groups excluding carboxylic acids is 1. The summed E-state index contributed by atoms with van der Waals surface area (Å²) in [6.07, 6.45) is 3.11. The van der Waals surface area contributed by atoms with E-state index in [9.17, 15) is 10.1 Å². The molecule has 0 bridgehead atoms. The van der Waals surface area contributed by atoms with Crippen LogP contribution in [-0.2, 0) is 17.6 Å². The molecule has 2 N–H and O–H groups in total. The van der Waals surface area contributed by atoms with Crippen LogP contribution in [-0.4, -0.2) is 5.91 Å². The maximum atomic E-state index is 12.6. The van der Waals surface area contributed by atoms with Crippen LogP contribution in [0.2, 0.25) is 0 Å². The Morgan fingerprint density at radius 1 is 1.00 bits per heavy atom. The molecule has 0 aliphatic heterocycles. The molecule has 2 aromatic rings. The summed E-state index contributed by atoms with van der Waals surface area (Å²) in [4.78, 5) is 12.6. The topological polar surface area (TPSA) is 64.9 Å². The van der Waals surface area contributed by atoms with Crippen LogP contribution in [0.5, 0.6) is 0 Å². The van der Waals surface area contributed by atoms with Gasteiger partial charge in [-0.1, -0.05) is 50.2 Å². The number of hydrogen-bond donors (Lipinski definition) is 2. The lowest BCUT2D eigenvalue weighted by molar-refractivity contribution is -0.112. The molecule has 0 atom stereocenters. The number of nitrogens with one attached hydrogen (secondary N) is 2. The minimum absolute atomic E-state index is 0.0422. The van der Waals surface area contributed by atoms with Crippen LogP contribution in [0.4, 0.5) is 11.4 Å². The first-order chi connectivity index (χ1) is 12.5. The van der Waals surface area contributed by atoms with Crippen molar-refractivity contribution >= 4 is 17.3 Å². The molecule has 0 fully saturated rings. The second-order valence-electron chi connectivity index (χ2n) is 6.19. The Morgan fingerprint density at radius 2 is 1.54 bits per heavy atom. The molecular formula is C22H25N3O. The number of carbonyl (C=O) groups is 1. The highest BCUT2D eigenvalue weighted by Gasteiger charge is 2.14. The van der Waals surface area contributed by atoms with Crippen molar-refractivity contribution in [1.82, 2.24) is 0 Å².